The first-order valence-corrected chi connectivity index (χ1v) is 9.99. The number of ether oxygens (including phenoxy) is 1. The maximum Gasteiger partial charge on any atom is 0.351 e. The molecule has 0 bridgehead atoms. The molecule has 0 N–H and O–H groups in total. The second-order valence-corrected chi connectivity index (χ2v) is 7.46. The number of pyridine rings is 1. The van der Waals surface area contributed by atoms with Crippen LogP contribution in [0.4, 0.5) is 5.82 Å². The highest BCUT2D eigenvalue weighted by atomic mass is 16.5. The Balaban J connectivity index is 1.70. The van der Waals surface area contributed by atoms with Crippen LogP contribution in [0.2, 0.25) is 0 Å². The summed E-state index contributed by atoms with van der Waals surface area (Å²) < 4.78 is 7.57. The van der Waals surface area contributed by atoms with Crippen molar-refractivity contribution in [3.63, 3.8) is 0 Å². The molecule has 0 saturated carbocycles. The molecule has 1 atom stereocenters. The largest absolute Gasteiger partial charge is 0.466 e. The molecule has 4 heteroatoms. The molecule has 29 heavy (non-hydrogen) atoms. The Labute approximate surface area is 170 Å². The lowest BCUT2D eigenvalue weighted by Crippen LogP contribution is -2.43. The van der Waals surface area contributed by atoms with Crippen LogP contribution < -0.4 is 9.47 Å². The van der Waals surface area contributed by atoms with Gasteiger partial charge in [0.25, 0.3) is 5.82 Å². The van der Waals surface area contributed by atoms with Crippen molar-refractivity contribution in [3.8, 4) is 0 Å². The topological polar surface area (TPSA) is 33.4 Å². The number of nitrogens with zero attached hydrogens (tertiary/aromatic N) is 2. The summed E-state index contributed by atoms with van der Waals surface area (Å²) in [4.78, 5) is 15.1. The van der Waals surface area contributed by atoms with E-state index in [-0.39, 0.29) is 12.0 Å². The molecule has 0 saturated heterocycles. The van der Waals surface area contributed by atoms with Crippen molar-refractivity contribution in [1.82, 2.24) is 0 Å². The molecule has 0 radical (unpaired) electrons. The van der Waals surface area contributed by atoms with Crippen LogP contribution in [0.25, 0.3) is 21.7 Å². The molecule has 0 fully saturated rings. The van der Waals surface area contributed by atoms with E-state index in [1.54, 1.807) is 0 Å². The second kappa shape index (κ2) is 7.21. The molecule has 1 aromatic heterocycles. The molecule has 144 valence electrons. The predicted molar refractivity (Wildman–Crippen MR) is 115 cm³/mol. The summed E-state index contributed by atoms with van der Waals surface area (Å²) in [5.74, 6) is 0.908. The van der Waals surface area contributed by atoms with Crippen molar-refractivity contribution in [2.75, 3.05) is 18.6 Å². The lowest BCUT2D eigenvalue weighted by atomic mass is 10.0. The van der Waals surface area contributed by atoms with E-state index in [0.29, 0.717) is 6.42 Å². The van der Waals surface area contributed by atoms with Gasteiger partial charge in [0.15, 0.2) is 6.04 Å². The fraction of sp³-hybridized carbons (Fsp3) is 0.200. The summed E-state index contributed by atoms with van der Waals surface area (Å²) in [5.41, 5.74) is 2.33. The van der Waals surface area contributed by atoms with Crippen LogP contribution in [0.3, 0.4) is 0 Å². The van der Waals surface area contributed by atoms with Gasteiger partial charge in [0.1, 0.15) is 18.6 Å². The number of esters is 1. The Hall–Kier alpha value is -3.40. The smallest absolute Gasteiger partial charge is 0.351 e. The minimum Gasteiger partial charge on any atom is -0.466 e. The molecular weight excluding hydrogens is 360 g/mol. The lowest BCUT2D eigenvalue weighted by molar-refractivity contribution is -0.643. The fourth-order valence-electron chi connectivity index (χ4n) is 4.56. The number of fused-ring (bicyclic) bond motifs is 6. The number of rotatable bonds is 4. The van der Waals surface area contributed by atoms with Crippen LogP contribution in [0.15, 0.2) is 78.9 Å². The molecule has 4 aromatic rings. The highest BCUT2D eigenvalue weighted by molar-refractivity contribution is 6.08. The third-order valence-electron chi connectivity index (χ3n) is 5.87. The zero-order valence-corrected chi connectivity index (χ0v) is 16.4. The van der Waals surface area contributed by atoms with Gasteiger partial charge in [-0.2, -0.15) is 0 Å². The molecule has 0 aliphatic carbocycles. The van der Waals surface area contributed by atoms with Gasteiger partial charge in [-0.3, -0.25) is 0 Å². The number of para-hydroxylation sites is 1. The minimum atomic E-state index is -0.360. The number of carbonyl (C=O) groups excluding carboxylic acids is 1. The first kappa shape index (κ1) is 17.7. The van der Waals surface area contributed by atoms with Crippen molar-refractivity contribution in [2.45, 2.75) is 19.0 Å². The quantitative estimate of drug-likeness (QED) is 0.305. The maximum absolute atomic E-state index is 12.8. The van der Waals surface area contributed by atoms with E-state index in [1.807, 2.05) is 18.2 Å². The van der Waals surface area contributed by atoms with E-state index in [0.717, 1.165) is 24.5 Å². The average Bonchev–Trinajstić information content (AvgIpc) is 3.23. The molecule has 1 aliphatic rings. The second-order valence-electron chi connectivity index (χ2n) is 7.46. The summed E-state index contributed by atoms with van der Waals surface area (Å²) >= 11 is 0. The van der Waals surface area contributed by atoms with Gasteiger partial charge in [-0.15, -0.1) is 0 Å². The van der Waals surface area contributed by atoms with Gasteiger partial charge in [-0.25, -0.2) is 14.3 Å². The van der Waals surface area contributed by atoms with Gasteiger partial charge >= 0.3 is 5.97 Å². The molecule has 5 rings (SSSR count). The zero-order chi connectivity index (χ0) is 19.8. The normalized spacial score (nSPS) is 14.2. The van der Waals surface area contributed by atoms with Crippen LogP contribution in [0, 0.1) is 0 Å². The van der Waals surface area contributed by atoms with Crippen LogP contribution in [-0.2, 0) is 22.5 Å². The summed E-state index contributed by atoms with van der Waals surface area (Å²) in [7, 11) is 1.48. The van der Waals surface area contributed by atoms with Crippen LogP contribution in [0.1, 0.15) is 5.56 Å². The molecule has 4 nitrogen and oxygen atoms in total. The van der Waals surface area contributed by atoms with Crippen molar-refractivity contribution >= 4 is 33.5 Å². The number of hydrogen-bond donors (Lipinski definition) is 0. The van der Waals surface area contributed by atoms with Gasteiger partial charge in [0, 0.05) is 17.2 Å². The van der Waals surface area contributed by atoms with E-state index >= 15 is 0 Å². The minimum absolute atomic E-state index is 0.195. The molecule has 3 aromatic carbocycles. The first-order chi connectivity index (χ1) is 14.3. The zero-order valence-electron chi connectivity index (χ0n) is 16.4. The molecular formula is C25H23N2O2+. The predicted octanol–water partition coefficient (Wildman–Crippen LogP) is 3.88. The number of carbonyl (C=O) groups is 1. The van der Waals surface area contributed by atoms with E-state index < -0.39 is 0 Å². The highest BCUT2D eigenvalue weighted by Crippen LogP contribution is 2.33. The number of methoxy groups -OCH3 is 1. The monoisotopic (exact) mass is 383 g/mol. The summed E-state index contributed by atoms with van der Waals surface area (Å²) in [6.07, 6.45) is 0.620. The van der Waals surface area contributed by atoms with Crippen LogP contribution >= 0.6 is 0 Å². The van der Waals surface area contributed by atoms with Crippen molar-refractivity contribution in [2.24, 2.45) is 0 Å². The first-order valence-electron chi connectivity index (χ1n) is 9.99. The fourth-order valence-corrected chi connectivity index (χ4v) is 4.56. The Morgan fingerprint density at radius 3 is 2.34 bits per heavy atom. The number of hydrogen-bond acceptors (Lipinski definition) is 3. The van der Waals surface area contributed by atoms with E-state index in [9.17, 15) is 4.79 Å². The Morgan fingerprint density at radius 2 is 1.59 bits per heavy atom. The standard InChI is InChI=1S/C25H23N2O2/c1-29-25(28)23(17-18-9-3-2-4-10-18)27-16-15-26-22-14-8-7-12-20(22)19-11-5-6-13-21(19)24(26)27/h2-14,23H,15-17H2,1H3/q+1. The van der Waals surface area contributed by atoms with Crippen LogP contribution in [-0.4, -0.2) is 25.7 Å². The third kappa shape index (κ3) is 2.92. The summed E-state index contributed by atoms with van der Waals surface area (Å²) in [5, 5.41) is 3.63. The lowest BCUT2D eigenvalue weighted by Gasteiger charge is -2.22. The van der Waals surface area contributed by atoms with E-state index in [1.165, 1.54) is 28.8 Å². The van der Waals surface area contributed by atoms with E-state index in [2.05, 4.69) is 70.1 Å². The van der Waals surface area contributed by atoms with E-state index in [4.69, 9.17) is 4.74 Å². The van der Waals surface area contributed by atoms with Crippen molar-refractivity contribution in [3.05, 3.63) is 84.4 Å². The number of aromatic nitrogens is 1. The third-order valence-corrected chi connectivity index (χ3v) is 5.87. The highest BCUT2D eigenvalue weighted by Gasteiger charge is 2.41. The van der Waals surface area contributed by atoms with Crippen molar-refractivity contribution in [1.29, 1.82) is 0 Å². The van der Waals surface area contributed by atoms with Gasteiger partial charge in [0.2, 0.25) is 0 Å². The molecule has 2 heterocycles. The van der Waals surface area contributed by atoms with Crippen LogP contribution in [0.5, 0.6) is 0 Å². The molecule has 1 aliphatic heterocycles. The average molecular weight is 383 g/mol. The molecule has 1 unspecified atom stereocenters. The van der Waals surface area contributed by atoms with Crippen molar-refractivity contribution < 1.29 is 14.1 Å². The number of anilines is 1. The van der Waals surface area contributed by atoms with Gasteiger partial charge in [-0.1, -0.05) is 66.7 Å². The molecule has 0 amide bonds. The molecule has 0 spiro atoms. The summed E-state index contributed by atoms with van der Waals surface area (Å²) in [6, 6.07) is 26.8. The Morgan fingerprint density at radius 1 is 0.931 bits per heavy atom. The summed E-state index contributed by atoms with van der Waals surface area (Å²) in [6.45, 7) is 1.63. The number of benzene rings is 3. The van der Waals surface area contributed by atoms with Gasteiger partial charge in [0.05, 0.1) is 12.5 Å². The SMILES string of the molecule is COC(=O)C(Cc1ccccc1)N1CC[n+]2c1c1ccccc1c1ccccc12. The Kier molecular flexibility index (Phi) is 4.39. The Bertz CT molecular complexity index is 1200. The van der Waals surface area contributed by atoms with Gasteiger partial charge < -0.3 is 4.74 Å². The van der Waals surface area contributed by atoms with Gasteiger partial charge in [-0.05, 0) is 17.7 Å². The maximum atomic E-state index is 12.8.